The van der Waals surface area contributed by atoms with Crippen molar-refractivity contribution in [2.45, 2.75) is 47.3 Å². The van der Waals surface area contributed by atoms with Crippen molar-refractivity contribution >= 4 is 49.8 Å². The molecule has 1 aliphatic rings. The molecule has 1 N–H and O–H groups in total. The van der Waals surface area contributed by atoms with Crippen LogP contribution in [-0.4, -0.2) is 37.8 Å². The number of pyridine rings is 1. The maximum absolute atomic E-state index is 14.0. The summed E-state index contributed by atoms with van der Waals surface area (Å²) in [7, 11) is 0. The van der Waals surface area contributed by atoms with Gasteiger partial charge in [-0.05, 0) is 86.7 Å². The summed E-state index contributed by atoms with van der Waals surface area (Å²) in [5, 5.41) is 12.3. The van der Waals surface area contributed by atoms with E-state index in [0.29, 0.717) is 46.7 Å². The molecule has 9 nitrogen and oxygen atoms in total. The molecule has 48 heavy (non-hydrogen) atoms. The number of aryl methyl sites for hydroxylation is 4. The molecule has 1 amide bonds. The number of ketones is 1. The molecule has 0 saturated carbocycles. The maximum atomic E-state index is 14.0. The van der Waals surface area contributed by atoms with Gasteiger partial charge >= 0.3 is 5.91 Å². The van der Waals surface area contributed by atoms with E-state index >= 15 is 0 Å². The number of Topliss-reactive ketones (excluding diaryl/α,β-unsaturated/α-hetero) is 1. The molecule has 1 unspecified atom stereocenters. The molecule has 3 aromatic carbocycles. The number of aromatic nitrogens is 3. The topological polar surface area (TPSA) is 106 Å². The van der Waals surface area contributed by atoms with E-state index in [-0.39, 0.29) is 17.0 Å². The lowest BCUT2D eigenvalue weighted by Crippen LogP contribution is -2.29. The van der Waals surface area contributed by atoms with Crippen molar-refractivity contribution in [1.82, 2.24) is 14.4 Å². The van der Waals surface area contributed by atoms with Crippen LogP contribution in [0, 0.1) is 27.7 Å². The molecule has 0 aliphatic carbocycles. The number of thiazole rings is 1. The molecule has 0 bridgehead atoms. The van der Waals surface area contributed by atoms with Crippen molar-refractivity contribution in [1.29, 1.82) is 0 Å². The number of aliphatic hydroxyl groups is 1. The lowest BCUT2D eigenvalue weighted by Gasteiger charge is -2.24. The molecule has 1 atom stereocenters. The lowest BCUT2D eigenvalue weighted by molar-refractivity contribution is -0.132. The van der Waals surface area contributed by atoms with Gasteiger partial charge in [0, 0.05) is 6.20 Å². The highest BCUT2D eigenvalue weighted by atomic mass is 32.1. The van der Waals surface area contributed by atoms with Crippen LogP contribution in [0.1, 0.15) is 52.2 Å². The number of hydrogen-bond donors (Lipinski definition) is 1. The zero-order valence-electron chi connectivity index (χ0n) is 27.3. The highest BCUT2D eigenvalue weighted by Gasteiger charge is 2.49. The number of amides is 1. The molecule has 3 aromatic heterocycles. The van der Waals surface area contributed by atoms with Crippen LogP contribution in [-0.2, 0) is 16.2 Å². The molecule has 10 heteroatoms. The number of benzene rings is 3. The Kier molecular flexibility index (Phi) is 7.96. The van der Waals surface area contributed by atoms with Gasteiger partial charge in [0.1, 0.15) is 17.9 Å². The van der Waals surface area contributed by atoms with Gasteiger partial charge < -0.3 is 19.0 Å². The summed E-state index contributed by atoms with van der Waals surface area (Å²) >= 11 is 1.33. The molecule has 0 radical (unpaired) electrons. The average molecular weight is 659 g/mol. The average Bonchev–Trinajstić information content (AvgIpc) is 3.73. The second kappa shape index (κ2) is 12.3. The Hall–Kier alpha value is -5.48. The predicted molar refractivity (Wildman–Crippen MR) is 187 cm³/mol. The van der Waals surface area contributed by atoms with Gasteiger partial charge in [-0.3, -0.25) is 14.5 Å². The molecule has 6 aromatic rings. The summed E-state index contributed by atoms with van der Waals surface area (Å²) in [6.07, 6.45) is 1.85. The van der Waals surface area contributed by atoms with Gasteiger partial charge in [-0.2, -0.15) is 0 Å². The molecule has 1 aliphatic heterocycles. The minimum Gasteiger partial charge on any atom is -0.505 e. The number of hydrogen-bond acceptors (Lipinski definition) is 8. The van der Waals surface area contributed by atoms with E-state index in [2.05, 4.69) is 0 Å². The fourth-order valence-corrected chi connectivity index (χ4v) is 7.47. The van der Waals surface area contributed by atoms with Crippen LogP contribution in [0.5, 0.6) is 11.5 Å². The van der Waals surface area contributed by atoms with Gasteiger partial charge in [-0.1, -0.05) is 59.9 Å². The van der Waals surface area contributed by atoms with E-state index in [9.17, 15) is 14.7 Å². The first-order valence-corrected chi connectivity index (χ1v) is 16.5. The third-order valence-electron chi connectivity index (χ3n) is 8.60. The number of carbonyl (C=O) groups excluding carboxylic acids is 2. The fraction of sp³-hybridized carbons (Fsp3) is 0.211. The first kappa shape index (κ1) is 31.1. The number of nitrogens with zero attached hydrogens (tertiary/aromatic N) is 4. The first-order chi connectivity index (χ1) is 23.2. The Bertz CT molecular complexity index is 2270. The Morgan fingerprint density at radius 3 is 2.44 bits per heavy atom. The Morgan fingerprint density at radius 1 is 0.896 bits per heavy atom. The minimum absolute atomic E-state index is 0.0725. The number of imidazole rings is 1. The highest BCUT2D eigenvalue weighted by molar-refractivity contribution is 7.22. The third-order valence-corrected chi connectivity index (χ3v) is 9.60. The van der Waals surface area contributed by atoms with Crippen molar-refractivity contribution in [2.24, 2.45) is 0 Å². The predicted octanol–water partition coefficient (Wildman–Crippen LogP) is 7.78. The lowest BCUT2D eigenvalue weighted by atomic mass is 9.96. The zero-order valence-corrected chi connectivity index (χ0v) is 28.1. The summed E-state index contributed by atoms with van der Waals surface area (Å²) in [6, 6.07) is 22.0. The van der Waals surface area contributed by atoms with Crippen LogP contribution >= 0.6 is 11.3 Å². The summed E-state index contributed by atoms with van der Waals surface area (Å²) in [5.41, 5.74) is 6.70. The van der Waals surface area contributed by atoms with Gasteiger partial charge in [-0.15, -0.1) is 0 Å². The molecule has 0 spiro atoms. The van der Waals surface area contributed by atoms with Gasteiger partial charge in [0.05, 0.1) is 34.1 Å². The molecule has 4 heterocycles. The zero-order chi connectivity index (χ0) is 33.7. The summed E-state index contributed by atoms with van der Waals surface area (Å²) in [5.74, 6) is -0.988. The van der Waals surface area contributed by atoms with E-state index in [4.69, 9.17) is 19.4 Å². The van der Waals surface area contributed by atoms with Crippen molar-refractivity contribution in [3.05, 3.63) is 124 Å². The van der Waals surface area contributed by atoms with Crippen LogP contribution in [0.25, 0.3) is 21.6 Å². The van der Waals surface area contributed by atoms with Gasteiger partial charge in [-0.25, -0.2) is 9.97 Å². The smallest absolute Gasteiger partial charge is 0.301 e. The number of fused-ring (bicyclic) bond motifs is 2. The number of ether oxygens (including phenoxy) is 2. The molecular formula is C38H34N4O5S. The molecule has 1 saturated heterocycles. The van der Waals surface area contributed by atoms with E-state index in [0.717, 1.165) is 32.5 Å². The SMILES string of the molecule is CCOc1cc(C2C(=C(O)c3nc4c(C)cccn4c3C)C(=O)C(=O)N2c2nc3c(C)cc(C)cc3s2)ccc1OCc1ccccc1. The number of aliphatic hydroxyl groups excluding tert-OH is 1. The van der Waals surface area contributed by atoms with Crippen molar-refractivity contribution in [2.75, 3.05) is 11.5 Å². The van der Waals surface area contributed by atoms with Crippen molar-refractivity contribution < 1.29 is 24.2 Å². The Morgan fingerprint density at radius 2 is 1.69 bits per heavy atom. The van der Waals surface area contributed by atoms with Crippen LogP contribution in [0.15, 0.2) is 84.6 Å². The summed E-state index contributed by atoms with van der Waals surface area (Å²) in [6.45, 7) is 10.3. The van der Waals surface area contributed by atoms with Crippen molar-refractivity contribution in [3.8, 4) is 11.5 Å². The van der Waals surface area contributed by atoms with Crippen LogP contribution in [0.2, 0.25) is 0 Å². The molecule has 242 valence electrons. The maximum Gasteiger partial charge on any atom is 0.301 e. The van der Waals surface area contributed by atoms with E-state index < -0.39 is 17.7 Å². The fourth-order valence-electron chi connectivity index (χ4n) is 6.30. The number of anilines is 1. The molecule has 7 rings (SSSR count). The van der Waals surface area contributed by atoms with Crippen LogP contribution < -0.4 is 14.4 Å². The minimum atomic E-state index is -1.01. The monoisotopic (exact) mass is 658 g/mol. The first-order valence-electron chi connectivity index (χ1n) is 15.7. The largest absolute Gasteiger partial charge is 0.505 e. The molecule has 1 fully saturated rings. The number of rotatable bonds is 8. The summed E-state index contributed by atoms with van der Waals surface area (Å²) < 4.78 is 14.9. The van der Waals surface area contributed by atoms with E-state index in [1.807, 2.05) is 99.8 Å². The van der Waals surface area contributed by atoms with E-state index in [1.165, 1.54) is 16.2 Å². The second-order valence-corrected chi connectivity index (χ2v) is 12.9. The van der Waals surface area contributed by atoms with Gasteiger partial charge in [0.15, 0.2) is 22.4 Å². The van der Waals surface area contributed by atoms with Gasteiger partial charge in [0.25, 0.3) is 5.78 Å². The number of carbonyl (C=O) groups is 2. The quantitative estimate of drug-likeness (QED) is 0.101. The van der Waals surface area contributed by atoms with Crippen molar-refractivity contribution in [3.63, 3.8) is 0 Å². The molecular weight excluding hydrogens is 625 g/mol. The Labute approximate surface area is 281 Å². The highest BCUT2D eigenvalue weighted by Crippen LogP contribution is 2.46. The normalized spacial score (nSPS) is 15.9. The van der Waals surface area contributed by atoms with Crippen LogP contribution in [0.4, 0.5) is 5.13 Å². The Balaban J connectivity index is 1.41. The standard InChI is InChI=1S/C38H34N4O5S/c1-6-46-28-19-26(14-15-27(28)47-20-25-12-8-7-9-13-25)33-30(34(43)32-24(5)41-16-10-11-22(3)36(41)39-32)35(44)37(45)42(33)38-40-31-23(4)17-21(2)18-29(31)48-38/h7-19,33,43H,6,20H2,1-5H3. The van der Waals surface area contributed by atoms with E-state index in [1.54, 1.807) is 18.2 Å². The van der Waals surface area contributed by atoms with Crippen LogP contribution in [0.3, 0.4) is 0 Å². The van der Waals surface area contributed by atoms with Gasteiger partial charge in [0.2, 0.25) is 0 Å². The third kappa shape index (κ3) is 5.28. The second-order valence-electron chi connectivity index (χ2n) is 11.9. The summed E-state index contributed by atoms with van der Waals surface area (Å²) in [4.78, 5) is 39.0.